The summed E-state index contributed by atoms with van der Waals surface area (Å²) in [5.74, 6) is 0.341. The molecule has 0 bridgehead atoms. The maximum absolute atomic E-state index is 14.5. The Hall–Kier alpha value is -3.46. The Balaban J connectivity index is 1.39. The highest BCUT2D eigenvalue weighted by Gasteiger charge is 2.31. The van der Waals surface area contributed by atoms with Gasteiger partial charge in [0.2, 0.25) is 5.82 Å². The van der Waals surface area contributed by atoms with Gasteiger partial charge in [-0.3, -0.25) is 9.59 Å². The number of hydrogen-bond acceptors (Lipinski definition) is 8. The fourth-order valence-corrected chi connectivity index (χ4v) is 3.33. The van der Waals surface area contributed by atoms with Crippen molar-refractivity contribution in [1.82, 2.24) is 15.1 Å². The largest absolute Gasteiger partial charge is 0.479 e. The summed E-state index contributed by atoms with van der Waals surface area (Å²) in [4.78, 5) is 32.4. The molecule has 0 radical (unpaired) electrons. The van der Waals surface area contributed by atoms with Gasteiger partial charge in [0.1, 0.15) is 23.0 Å². The van der Waals surface area contributed by atoms with Gasteiger partial charge in [-0.1, -0.05) is 17.3 Å². The van der Waals surface area contributed by atoms with E-state index in [1.165, 1.54) is 18.3 Å². The average Bonchev–Trinajstić information content (AvgIpc) is 3.55. The topological polar surface area (TPSA) is 115 Å². The molecule has 1 aliphatic rings. The van der Waals surface area contributed by atoms with Crippen LogP contribution in [0.4, 0.5) is 4.39 Å². The number of pyridine rings is 1. The van der Waals surface area contributed by atoms with Crippen LogP contribution in [0.15, 0.2) is 41.1 Å². The molecule has 1 saturated carbocycles. The highest BCUT2D eigenvalue weighted by Crippen LogP contribution is 2.32. The Morgan fingerprint density at radius 2 is 2.09 bits per heavy atom. The smallest absolute Gasteiger partial charge is 0.267 e. The molecule has 0 amide bonds. The molecule has 0 saturated heterocycles. The summed E-state index contributed by atoms with van der Waals surface area (Å²) in [5, 5.41) is 12.7. The molecule has 1 aromatic carbocycles. The minimum atomic E-state index is -0.591. The monoisotopic (exact) mass is 453 g/mol. The summed E-state index contributed by atoms with van der Waals surface area (Å²) in [6, 6.07) is 7.71. The van der Waals surface area contributed by atoms with Crippen LogP contribution in [0.5, 0.6) is 5.75 Å². The third kappa shape index (κ3) is 5.67. The Kier molecular flexibility index (Phi) is 6.88. The molecule has 1 unspecified atom stereocenters. The lowest BCUT2D eigenvalue weighted by molar-refractivity contribution is -0.118. The number of nitrogens with zero attached hydrogens (tertiary/aromatic N) is 3. The van der Waals surface area contributed by atoms with E-state index in [0.717, 1.165) is 12.8 Å². The van der Waals surface area contributed by atoms with Gasteiger partial charge in [0, 0.05) is 30.9 Å². The molecule has 9 heteroatoms. The summed E-state index contributed by atoms with van der Waals surface area (Å²) in [7, 11) is 0. The molecule has 0 spiro atoms. The van der Waals surface area contributed by atoms with Gasteiger partial charge in [0.15, 0.2) is 11.9 Å². The quantitative estimate of drug-likeness (QED) is 0.435. The molecule has 0 aliphatic heterocycles. The normalized spacial score (nSPS) is 14.2. The molecule has 33 heavy (non-hydrogen) atoms. The minimum absolute atomic E-state index is 0.0342. The van der Waals surface area contributed by atoms with Gasteiger partial charge >= 0.3 is 0 Å². The van der Waals surface area contributed by atoms with E-state index in [0.29, 0.717) is 23.4 Å². The van der Waals surface area contributed by atoms with Crippen molar-refractivity contribution in [2.75, 3.05) is 6.61 Å². The number of carbonyl (C=O) groups is 2. The van der Waals surface area contributed by atoms with Crippen LogP contribution in [-0.2, 0) is 11.2 Å². The Labute approximate surface area is 189 Å². The molecular formula is C24H24FN3O5. The van der Waals surface area contributed by atoms with Crippen molar-refractivity contribution >= 4 is 11.6 Å². The van der Waals surface area contributed by atoms with Crippen LogP contribution in [-0.4, -0.2) is 38.4 Å². The highest BCUT2D eigenvalue weighted by molar-refractivity contribution is 5.97. The second kappa shape index (κ2) is 9.99. The van der Waals surface area contributed by atoms with Crippen molar-refractivity contribution < 1.29 is 28.3 Å². The van der Waals surface area contributed by atoms with Crippen molar-refractivity contribution in [2.24, 2.45) is 5.92 Å². The number of hydrogen-bond donors (Lipinski definition) is 1. The first-order valence-corrected chi connectivity index (χ1v) is 10.9. The predicted molar refractivity (Wildman–Crippen MR) is 115 cm³/mol. The summed E-state index contributed by atoms with van der Waals surface area (Å²) in [5.41, 5.74) is 1.11. The lowest BCUT2D eigenvalue weighted by atomic mass is 10.0. The fourth-order valence-electron chi connectivity index (χ4n) is 3.33. The van der Waals surface area contributed by atoms with E-state index in [1.54, 1.807) is 25.1 Å². The molecule has 2 aromatic heterocycles. The van der Waals surface area contributed by atoms with Gasteiger partial charge < -0.3 is 14.4 Å². The molecule has 1 N–H and O–H groups in total. The number of Topliss-reactive ketones (excluding diaryl/α,β-unsaturated/α-hetero) is 2. The summed E-state index contributed by atoms with van der Waals surface area (Å²) in [6.45, 7) is 1.65. The first-order valence-electron chi connectivity index (χ1n) is 10.9. The van der Waals surface area contributed by atoms with Crippen molar-refractivity contribution in [3.05, 3.63) is 59.5 Å². The van der Waals surface area contributed by atoms with E-state index in [2.05, 4.69) is 15.1 Å². The van der Waals surface area contributed by atoms with Crippen LogP contribution in [0.2, 0.25) is 0 Å². The van der Waals surface area contributed by atoms with Crippen LogP contribution >= 0.6 is 0 Å². The average molecular weight is 453 g/mol. The molecule has 1 aliphatic carbocycles. The number of carbonyl (C=O) groups excluding carboxylic acids is 2. The second-order valence-electron chi connectivity index (χ2n) is 8.08. The lowest BCUT2D eigenvalue weighted by Gasteiger charge is -2.10. The molecule has 3 aromatic rings. The molecule has 2 heterocycles. The van der Waals surface area contributed by atoms with Gasteiger partial charge in [-0.2, -0.15) is 4.98 Å². The maximum Gasteiger partial charge on any atom is 0.267 e. The SMILES string of the molecule is CC(Oc1ccc(C(=O)C2CC2)nc1)c1nc(-c2ccc(CC(=O)CCCO)c(F)c2)no1. The fraction of sp³-hybridized carbons (Fsp3) is 0.375. The van der Waals surface area contributed by atoms with E-state index >= 15 is 0 Å². The van der Waals surface area contributed by atoms with Crippen LogP contribution in [0.3, 0.4) is 0 Å². The molecule has 4 rings (SSSR count). The Morgan fingerprint density at radius 3 is 2.76 bits per heavy atom. The van der Waals surface area contributed by atoms with E-state index in [9.17, 15) is 14.0 Å². The van der Waals surface area contributed by atoms with E-state index in [-0.39, 0.29) is 54.2 Å². The zero-order valence-corrected chi connectivity index (χ0v) is 18.2. The molecule has 8 nitrogen and oxygen atoms in total. The molecule has 1 atom stereocenters. The zero-order chi connectivity index (χ0) is 23.4. The van der Waals surface area contributed by atoms with E-state index in [1.807, 2.05) is 0 Å². The van der Waals surface area contributed by atoms with Crippen molar-refractivity contribution in [1.29, 1.82) is 0 Å². The van der Waals surface area contributed by atoms with Crippen LogP contribution in [0.25, 0.3) is 11.4 Å². The lowest BCUT2D eigenvalue weighted by Crippen LogP contribution is -2.06. The summed E-state index contributed by atoms with van der Waals surface area (Å²) < 4.78 is 25.5. The van der Waals surface area contributed by atoms with Gasteiger partial charge in [-0.05, 0) is 49.9 Å². The van der Waals surface area contributed by atoms with Crippen LogP contribution < -0.4 is 4.74 Å². The number of benzene rings is 1. The number of ketones is 2. The number of aliphatic hydroxyl groups excluding tert-OH is 1. The van der Waals surface area contributed by atoms with Gasteiger partial charge in [-0.15, -0.1) is 0 Å². The number of aromatic nitrogens is 3. The third-order valence-electron chi connectivity index (χ3n) is 5.35. The van der Waals surface area contributed by atoms with Crippen LogP contribution in [0, 0.1) is 11.7 Å². The second-order valence-corrected chi connectivity index (χ2v) is 8.08. The van der Waals surface area contributed by atoms with Crippen molar-refractivity contribution in [2.45, 2.75) is 45.1 Å². The zero-order valence-electron chi connectivity index (χ0n) is 18.2. The maximum atomic E-state index is 14.5. The summed E-state index contributed by atoms with van der Waals surface area (Å²) in [6.07, 6.45) is 3.27. The standard InChI is InChI=1S/C24H24FN3O5/c1-14(32-19-8-9-21(26-13-19)22(31)15-4-5-15)24-27-23(28-33-24)17-7-6-16(20(25)12-17)11-18(30)3-2-10-29/h6-9,12-15,29H,2-5,10-11H2,1H3. The third-order valence-corrected chi connectivity index (χ3v) is 5.35. The molecule has 172 valence electrons. The van der Waals surface area contributed by atoms with Gasteiger partial charge in [-0.25, -0.2) is 9.37 Å². The van der Waals surface area contributed by atoms with Crippen molar-refractivity contribution in [3.63, 3.8) is 0 Å². The highest BCUT2D eigenvalue weighted by atomic mass is 19.1. The number of ether oxygens (including phenoxy) is 1. The molecular weight excluding hydrogens is 429 g/mol. The molecule has 1 fully saturated rings. The van der Waals surface area contributed by atoms with E-state index in [4.69, 9.17) is 14.4 Å². The Bertz CT molecular complexity index is 1140. The number of rotatable bonds is 11. The van der Waals surface area contributed by atoms with Gasteiger partial charge in [0.25, 0.3) is 5.89 Å². The minimum Gasteiger partial charge on any atom is -0.479 e. The van der Waals surface area contributed by atoms with E-state index < -0.39 is 11.9 Å². The Morgan fingerprint density at radius 1 is 1.27 bits per heavy atom. The summed E-state index contributed by atoms with van der Waals surface area (Å²) >= 11 is 0. The van der Waals surface area contributed by atoms with Gasteiger partial charge in [0.05, 0.1) is 6.20 Å². The number of aliphatic hydroxyl groups is 1. The predicted octanol–water partition coefficient (Wildman–Crippen LogP) is 3.89. The first-order chi connectivity index (χ1) is 15.9. The van der Waals surface area contributed by atoms with Crippen molar-refractivity contribution in [3.8, 4) is 17.1 Å². The number of halogens is 1. The van der Waals surface area contributed by atoms with Crippen LogP contribution in [0.1, 0.15) is 60.7 Å². The first kappa shape index (κ1) is 22.7.